The van der Waals surface area contributed by atoms with Crippen LogP contribution < -0.4 is 5.32 Å². The van der Waals surface area contributed by atoms with Crippen molar-refractivity contribution in [1.82, 2.24) is 20.5 Å². The molecule has 0 saturated heterocycles. The van der Waals surface area contributed by atoms with Gasteiger partial charge in [0, 0.05) is 11.6 Å². The number of nitrogens with one attached hydrogen (secondary N) is 2. The molecule has 1 aliphatic rings. The van der Waals surface area contributed by atoms with Gasteiger partial charge in [0.05, 0.1) is 5.25 Å². The van der Waals surface area contributed by atoms with E-state index in [-0.39, 0.29) is 11.2 Å². The molecule has 3 rings (SSSR count). The second kappa shape index (κ2) is 8.52. The van der Waals surface area contributed by atoms with Crippen LogP contribution in [-0.4, -0.2) is 32.4 Å². The molecule has 0 bridgehead atoms. The summed E-state index contributed by atoms with van der Waals surface area (Å²) in [6.45, 7) is 3.97. The summed E-state index contributed by atoms with van der Waals surface area (Å²) in [7, 11) is 0. The molecule has 1 atom stereocenters. The number of hydrogen-bond donors (Lipinski definition) is 2. The maximum atomic E-state index is 12.4. The molecule has 25 heavy (non-hydrogen) atoms. The lowest BCUT2D eigenvalue weighted by Crippen LogP contribution is -2.39. The SMILES string of the molecule is Cc1ccc(-c2nc(S[C@H](C)C(=O)NC3CCCCCC3)n[nH]2)cc1. The summed E-state index contributed by atoms with van der Waals surface area (Å²) in [5.74, 6) is 0.817. The number of amides is 1. The van der Waals surface area contributed by atoms with Gasteiger partial charge in [0.1, 0.15) is 0 Å². The molecule has 6 heteroatoms. The average Bonchev–Trinajstić information content (AvgIpc) is 2.91. The van der Waals surface area contributed by atoms with Gasteiger partial charge in [-0.05, 0) is 26.7 Å². The number of H-pyrrole nitrogens is 1. The number of carbonyl (C=O) groups excluding carboxylic acids is 1. The van der Waals surface area contributed by atoms with Gasteiger partial charge in [-0.25, -0.2) is 4.98 Å². The minimum absolute atomic E-state index is 0.0820. The second-order valence-electron chi connectivity index (χ2n) is 6.79. The van der Waals surface area contributed by atoms with E-state index in [1.807, 2.05) is 31.2 Å². The first-order valence-electron chi connectivity index (χ1n) is 9.08. The Morgan fingerprint density at radius 1 is 1.20 bits per heavy atom. The molecular formula is C19H26N4OS. The first kappa shape index (κ1) is 18.0. The van der Waals surface area contributed by atoms with Crippen LogP contribution in [0.5, 0.6) is 0 Å². The summed E-state index contributed by atoms with van der Waals surface area (Å²) in [6.07, 6.45) is 7.20. The fourth-order valence-electron chi connectivity index (χ4n) is 3.09. The van der Waals surface area contributed by atoms with E-state index in [9.17, 15) is 4.79 Å². The quantitative estimate of drug-likeness (QED) is 0.623. The van der Waals surface area contributed by atoms with Crippen molar-refractivity contribution in [3.8, 4) is 11.4 Å². The maximum Gasteiger partial charge on any atom is 0.233 e. The standard InChI is InChI=1S/C19H26N4OS/c1-13-9-11-15(12-10-13)17-21-19(23-22-17)25-14(2)18(24)20-16-7-5-3-4-6-8-16/h9-12,14,16H,3-8H2,1-2H3,(H,20,24)(H,21,22,23)/t14-/m1/s1. The molecule has 1 heterocycles. The highest BCUT2D eigenvalue weighted by atomic mass is 32.2. The van der Waals surface area contributed by atoms with Crippen molar-refractivity contribution in [2.45, 2.75) is 68.8 Å². The third-order valence-electron chi connectivity index (χ3n) is 4.64. The van der Waals surface area contributed by atoms with Crippen molar-refractivity contribution < 1.29 is 4.79 Å². The summed E-state index contributed by atoms with van der Waals surface area (Å²) in [4.78, 5) is 17.0. The Kier molecular flexibility index (Phi) is 6.13. The lowest BCUT2D eigenvalue weighted by molar-refractivity contribution is -0.121. The molecule has 1 fully saturated rings. The van der Waals surface area contributed by atoms with Gasteiger partial charge in [0.15, 0.2) is 5.82 Å². The van der Waals surface area contributed by atoms with E-state index in [0.717, 1.165) is 24.2 Å². The van der Waals surface area contributed by atoms with Crippen molar-refractivity contribution in [1.29, 1.82) is 0 Å². The van der Waals surface area contributed by atoms with Gasteiger partial charge >= 0.3 is 0 Å². The molecule has 2 N–H and O–H groups in total. The highest BCUT2D eigenvalue weighted by Gasteiger charge is 2.21. The van der Waals surface area contributed by atoms with E-state index < -0.39 is 0 Å². The minimum atomic E-state index is -0.204. The molecule has 2 aromatic rings. The Labute approximate surface area is 153 Å². The van der Waals surface area contributed by atoms with E-state index in [4.69, 9.17) is 0 Å². The van der Waals surface area contributed by atoms with Gasteiger partial charge < -0.3 is 5.32 Å². The summed E-state index contributed by atoms with van der Waals surface area (Å²) in [6, 6.07) is 8.47. The van der Waals surface area contributed by atoms with E-state index in [2.05, 4.69) is 27.4 Å². The number of aromatic nitrogens is 3. The number of aromatic amines is 1. The van der Waals surface area contributed by atoms with Crippen LogP contribution in [0, 0.1) is 6.92 Å². The van der Waals surface area contributed by atoms with Crippen molar-refractivity contribution in [2.75, 3.05) is 0 Å². The zero-order valence-electron chi connectivity index (χ0n) is 14.9. The summed E-state index contributed by atoms with van der Waals surface area (Å²) < 4.78 is 0. The third-order valence-corrected chi connectivity index (χ3v) is 5.60. The Bertz CT molecular complexity index is 690. The molecule has 1 aromatic carbocycles. The van der Waals surface area contributed by atoms with Crippen LogP contribution in [-0.2, 0) is 4.79 Å². The molecule has 1 aliphatic carbocycles. The zero-order valence-corrected chi connectivity index (χ0v) is 15.7. The third kappa shape index (κ3) is 5.08. The Hall–Kier alpha value is -1.82. The number of benzene rings is 1. The number of carbonyl (C=O) groups is 1. The largest absolute Gasteiger partial charge is 0.352 e. The molecule has 0 spiro atoms. The smallest absolute Gasteiger partial charge is 0.233 e. The topological polar surface area (TPSA) is 70.7 Å². The first-order chi connectivity index (χ1) is 12.1. The molecular weight excluding hydrogens is 332 g/mol. The van der Waals surface area contributed by atoms with E-state index in [1.165, 1.54) is 43.0 Å². The molecule has 0 aliphatic heterocycles. The molecule has 5 nitrogen and oxygen atoms in total. The van der Waals surface area contributed by atoms with Crippen molar-refractivity contribution in [3.63, 3.8) is 0 Å². The Morgan fingerprint density at radius 3 is 2.56 bits per heavy atom. The van der Waals surface area contributed by atoms with Gasteiger partial charge in [-0.15, -0.1) is 5.10 Å². The number of nitrogens with zero attached hydrogens (tertiary/aromatic N) is 2. The van der Waals surface area contributed by atoms with E-state index in [1.54, 1.807) is 0 Å². The fourth-order valence-corrected chi connectivity index (χ4v) is 3.83. The Balaban J connectivity index is 1.56. The molecule has 134 valence electrons. The van der Waals surface area contributed by atoms with Gasteiger partial charge in [0.2, 0.25) is 11.1 Å². The van der Waals surface area contributed by atoms with Crippen LogP contribution in [0.1, 0.15) is 51.0 Å². The first-order valence-corrected chi connectivity index (χ1v) is 9.96. The molecule has 1 amide bonds. The van der Waals surface area contributed by atoms with Crippen LogP contribution in [0.2, 0.25) is 0 Å². The summed E-state index contributed by atoms with van der Waals surface area (Å²) >= 11 is 1.40. The van der Waals surface area contributed by atoms with Crippen LogP contribution in [0.15, 0.2) is 29.4 Å². The second-order valence-corrected chi connectivity index (χ2v) is 8.10. The van der Waals surface area contributed by atoms with Crippen LogP contribution in [0.25, 0.3) is 11.4 Å². The molecule has 1 saturated carbocycles. The van der Waals surface area contributed by atoms with Crippen molar-refractivity contribution in [3.05, 3.63) is 29.8 Å². The summed E-state index contributed by atoms with van der Waals surface area (Å²) in [5.41, 5.74) is 2.21. The summed E-state index contributed by atoms with van der Waals surface area (Å²) in [5, 5.41) is 10.8. The monoisotopic (exact) mass is 358 g/mol. The van der Waals surface area contributed by atoms with Gasteiger partial charge in [-0.3, -0.25) is 9.89 Å². The Morgan fingerprint density at radius 2 is 1.88 bits per heavy atom. The average molecular weight is 359 g/mol. The predicted octanol–water partition coefficient (Wildman–Crippen LogP) is 4.10. The number of thioether (sulfide) groups is 1. The lowest BCUT2D eigenvalue weighted by atomic mass is 10.1. The minimum Gasteiger partial charge on any atom is -0.352 e. The normalized spacial score (nSPS) is 17.0. The lowest BCUT2D eigenvalue weighted by Gasteiger charge is -2.18. The maximum absolute atomic E-state index is 12.4. The number of aryl methyl sites for hydroxylation is 1. The van der Waals surface area contributed by atoms with Crippen LogP contribution in [0.3, 0.4) is 0 Å². The highest BCUT2D eigenvalue weighted by Crippen LogP contribution is 2.24. The van der Waals surface area contributed by atoms with Crippen LogP contribution in [0.4, 0.5) is 0 Å². The molecule has 0 unspecified atom stereocenters. The van der Waals surface area contributed by atoms with E-state index in [0.29, 0.717) is 11.2 Å². The van der Waals surface area contributed by atoms with E-state index >= 15 is 0 Å². The van der Waals surface area contributed by atoms with Crippen molar-refractivity contribution >= 4 is 17.7 Å². The predicted molar refractivity (Wildman–Crippen MR) is 102 cm³/mol. The van der Waals surface area contributed by atoms with Gasteiger partial charge in [-0.2, -0.15) is 0 Å². The zero-order chi connectivity index (χ0) is 17.6. The number of rotatable bonds is 5. The molecule has 0 radical (unpaired) electrons. The van der Waals surface area contributed by atoms with Crippen LogP contribution >= 0.6 is 11.8 Å². The van der Waals surface area contributed by atoms with Crippen molar-refractivity contribution in [2.24, 2.45) is 0 Å². The van der Waals surface area contributed by atoms with Gasteiger partial charge in [-0.1, -0.05) is 67.3 Å². The molecule has 1 aromatic heterocycles. The number of hydrogen-bond acceptors (Lipinski definition) is 4. The fraction of sp³-hybridized carbons (Fsp3) is 0.526. The highest BCUT2D eigenvalue weighted by molar-refractivity contribution is 8.00. The van der Waals surface area contributed by atoms with Gasteiger partial charge in [0.25, 0.3) is 0 Å².